The first kappa shape index (κ1) is 17.2. The summed E-state index contributed by atoms with van der Waals surface area (Å²) in [5.41, 5.74) is 5.62. The summed E-state index contributed by atoms with van der Waals surface area (Å²) in [5.74, 6) is 0.372. The number of nitrogens with two attached hydrogens (primary N) is 1. The molecular weight excluding hydrogens is 296 g/mol. The predicted molar refractivity (Wildman–Crippen MR) is 89.3 cm³/mol. The summed E-state index contributed by atoms with van der Waals surface area (Å²) < 4.78 is 0. The highest BCUT2D eigenvalue weighted by Crippen LogP contribution is 2.22. The van der Waals surface area contributed by atoms with Crippen LogP contribution in [-0.4, -0.2) is 41.4 Å². The summed E-state index contributed by atoms with van der Waals surface area (Å²) in [6, 6.07) is 4.10. The van der Waals surface area contributed by atoms with Crippen LogP contribution >= 0.6 is 0 Å². The minimum Gasteiger partial charge on any atom is -0.393 e. The molecule has 1 aliphatic rings. The normalized spacial score (nSPS) is 20.0. The molecule has 1 aromatic rings. The van der Waals surface area contributed by atoms with Gasteiger partial charge in [-0.05, 0) is 44.4 Å². The lowest BCUT2D eigenvalue weighted by Gasteiger charge is -2.32. The van der Waals surface area contributed by atoms with Gasteiger partial charge in [0.2, 0.25) is 0 Å². The molecular formula is C16H24N4O3. The second-order valence-electron chi connectivity index (χ2n) is 6.41. The van der Waals surface area contributed by atoms with Crippen LogP contribution in [0.5, 0.6) is 0 Å². The maximum Gasteiger partial charge on any atom is 0.292 e. The van der Waals surface area contributed by atoms with E-state index in [9.17, 15) is 14.9 Å². The molecule has 2 atom stereocenters. The average molecular weight is 320 g/mol. The lowest BCUT2D eigenvalue weighted by Crippen LogP contribution is -2.45. The van der Waals surface area contributed by atoms with Crippen LogP contribution in [0.3, 0.4) is 0 Å². The molecule has 1 amide bonds. The van der Waals surface area contributed by atoms with Gasteiger partial charge in [0.15, 0.2) is 0 Å². The zero-order valence-electron chi connectivity index (χ0n) is 13.6. The minimum atomic E-state index is -0.579. The maximum absolute atomic E-state index is 12.3. The second kappa shape index (κ2) is 7.41. The summed E-state index contributed by atoms with van der Waals surface area (Å²) >= 11 is 0. The molecule has 1 saturated heterocycles. The summed E-state index contributed by atoms with van der Waals surface area (Å²) in [5, 5.41) is 13.8. The van der Waals surface area contributed by atoms with E-state index in [1.807, 2.05) is 6.92 Å². The summed E-state index contributed by atoms with van der Waals surface area (Å²) in [6.45, 7) is 7.07. The standard InChI is InChI=1S/C16H24N4O3/c1-11-4-3-7-19(9-11)10-12(2)18-16(21)13-5-6-14(17)15(8-13)20(22)23/h5-6,8,11-12H,3-4,7,9-10,17H2,1-2H3,(H,18,21). The van der Waals surface area contributed by atoms with E-state index in [4.69, 9.17) is 5.73 Å². The van der Waals surface area contributed by atoms with Crippen LogP contribution in [0.1, 0.15) is 37.0 Å². The first-order valence-electron chi connectivity index (χ1n) is 7.94. The number of nitrogens with one attached hydrogen (secondary N) is 1. The quantitative estimate of drug-likeness (QED) is 0.491. The summed E-state index contributed by atoms with van der Waals surface area (Å²) in [4.78, 5) is 24.9. The van der Waals surface area contributed by atoms with Crippen molar-refractivity contribution in [3.63, 3.8) is 0 Å². The van der Waals surface area contributed by atoms with Crippen molar-refractivity contribution >= 4 is 17.3 Å². The molecule has 0 radical (unpaired) electrons. The Morgan fingerprint density at radius 3 is 2.96 bits per heavy atom. The number of carbonyl (C=O) groups excluding carboxylic acids is 1. The van der Waals surface area contributed by atoms with Crippen LogP contribution in [0.15, 0.2) is 18.2 Å². The number of nitrogen functional groups attached to an aromatic ring is 1. The first-order chi connectivity index (χ1) is 10.9. The SMILES string of the molecule is CC1CCCN(CC(C)NC(=O)c2ccc(N)c([N+](=O)[O-])c2)C1. The highest BCUT2D eigenvalue weighted by Gasteiger charge is 2.20. The molecule has 7 heteroatoms. The van der Waals surface area contributed by atoms with Crippen LogP contribution in [-0.2, 0) is 0 Å². The van der Waals surface area contributed by atoms with Crippen molar-refractivity contribution in [2.24, 2.45) is 5.92 Å². The van der Waals surface area contributed by atoms with Gasteiger partial charge in [-0.3, -0.25) is 14.9 Å². The first-order valence-corrected chi connectivity index (χ1v) is 7.94. The number of anilines is 1. The zero-order valence-corrected chi connectivity index (χ0v) is 13.6. The van der Waals surface area contributed by atoms with Crippen LogP contribution in [0.2, 0.25) is 0 Å². The molecule has 0 bridgehead atoms. The largest absolute Gasteiger partial charge is 0.393 e. The number of nitro benzene ring substituents is 1. The number of rotatable bonds is 5. The van der Waals surface area contributed by atoms with Crippen molar-refractivity contribution in [2.75, 3.05) is 25.4 Å². The van der Waals surface area contributed by atoms with Crippen molar-refractivity contribution in [1.82, 2.24) is 10.2 Å². The molecule has 7 nitrogen and oxygen atoms in total. The van der Waals surface area contributed by atoms with Crippen molar-refractivity contribution in [1.29, 1.82) is 0 Å². The van der Waals surface area contributed by atoms with Crippen LogP contribution in [0.4, 0.5) is 11.4 Å². The van der Waals surface area contributed by atoms with Gasteiger partial charge in [-0.15, -0.1) is 0 Å². The van der Waals surface area contributed by atoms with E-state index in [2.05, 4.69) is 17.1 Å². The van der Waals surface area contributed by atoms with Crippen molar-refractivity contribution in [3.05, 3.63) is 33.9 Å². The van der Waals surface area contributed by atoms with E-state index < -0.39 is 4.92 Å². The molecule has 3 N–H and O–H groups in total. The highest BCUT2D eigenvalue weighted by molar-refractivity contribution is 5.95. The Balaban J connectivity index is 1.95. The molecule has 0 saturated carbocycles. The van der Waals surface area contributed by atoms with Crippen LogP contribution in [0, 0.1) is 16.0 Å². The third-order valence-electron chi connectivity index (χ3n) is 4.14. The molecule has 23 heavy (non-hydrogen) atoms. The topological polar surface area (TPSA) is 102 Å². The molecule has 126 valence electrons. The van der Waals surface area contributed by atoms with Gasteiger partial charge >= 0.3 is 0 Å². The Labute approximate surface area is 136 Å². The number of benzene rings is 1. The Morgan fingerprint density at radius 2 is 2.30 bits per heavy atom. The Hall–Kier alpha value is -2.15. The minimum absolute atomic E-state index is 0.0237. The van der Waals surface area contributed by atoms with Gasteiger partial charge in [0.1, 0.15) is 5.69 Å². The van der Waals surface area contributed by atoms with E-state index in [-0.39, 0.29) is 28.9 Å². The van der Waals surface area contributed by atoms with Crippen molar-refractivity contribution in [3.8, 4) is 0 Å². The van der Waals surface area contributed by atoms with E-state index in [0.29, 0.717) is 5.92 Å². The third-order valence-corrected chi connectivity index (χ3v) is 4.14. The van der Waals surface area contributed by atoms with Crippen LogP contribution < -0.4 is 11.1 Å². The van der Waals surface area contributed by atoms with Gasteiger partial charge in [-0.25, -0.2) is 0 Å². The fraction of sp³-hybridized carbons (Fsp3) is 0.562. The molecule has 2 rings (SSSR count). The number of hydrogen-bond acceptors (Lipinski definition) is 5. The smallest absolute Gasteiger partial charge is 0.292 e. The molecule has 1 aliphatic heterocycles. The lowest BCUT2D eigenvalue weighted by atomic mass is 10.00. The van der Waals surface area contributed by atoms with Gasteiger partial charge in [-0.1, -0.05) is 6.92 Å². The average Bonchev–Trinajstić information content (AvgIpc) is 2.47. The monoisotopic (exact) mass is 320 g/mol. The van der Waals surface area contributed by atoms with Gasteiger partial charge in [0.25, 0.3) is 11.6 Å². The molecule has 1 fully saturated rings. The molecule has 0 aromatic heterocycles. The van der Waals surface area contributed by atoms with Crippen LogP contribution in [0.25, 0.3) is 0 Å². The number of nitro groups is 1. The number of piperidine rings is 1. The van der Waals surface area contributed by atoms with Crippen molar-refractivity contribution < 1.29 is 9.72 Å². The fourth-order valence-corrected chi connectivity index (χ4v) is 3.04. The number of hydrogen-bond donors (Lipinski definition) is 2. The fourth-order valence-electron chi connectivity index (χ4n) is 3.04. The van der Waals surface area contributed by atoms with E-state index >= 15 is 0 Å². The third kappa shape index (κ3) is 4.66. The number of carbonyl (C=O) groups is 1. The van der Waals surface area contributed by atoms with Crippen molar-refractivity contribution in [2.45, 2.75) is 32.7 Å². The van der Waals surface area contributed by atoms with Gasteiger partial charge < -0.3 is 16.0 Å². The van der Waals surface area contributed by atoms with E-state index in [1.54, 1.807) is 0 Å². The van der Waals surface area contributed by atoms with E-state index in [0.717, 1.165) is 19.6 Å². The maximum atomic E-state index is 12.3. The summed E-state index contributed by atoms with van der Waals surface area (Å²) in [7, 11) is 0. The molecule has 1 aromatic carbocycles. The Kier molecular flexibility index (Phi) is 5.54. The molecule has 0 spiro atoms. The van der Waals surface area contributed by atoms with Gasteiger partial charge in [0.05, 0.1) is 4.92 Å². The number of amides is 1. The predicted octanol–water partition coefficient (Wildman–Crippen LogP) is 2.03. The Bertz CT molecular complexity index is 591. The van der Waals surface area contributed by atoms with Gasteiger partial charge in [0, 0.05) is 30.8 Å². The molecule has 0 aliphatic carbocycles. The second-order valence-corrected chi connectivity index (χ2v) is 6.41. The van der Waals surface area contributed by atoms with Gasteiger partial charge in [-0.2, -0.15) is 0 Å². The Morgan fingerprint density at radius 1 is 1.57 bits per heavy atom. The lowest BCUT2D eigenvalue weighted by molar-refractivity contribution is -0.383. The molecule has 1 heterocycles. The van der Waals surface area contributed by atoms with E-state index in [1.165, 1.54) is 31.0 Å². The zero-order chi connectivity index (χ0) is 17.0. The highest BCUT2D eigenvalue weighted by atomic mass is 16.6. The number of nitrogens with zero attached hydrogens (tertiary/aromatic N) is 2. The molecule has 2 unspecified atom stereocenters. The summed E-state index contributed by atoms with van der Waals surface area (Å²) in [6.07, 6.45) is 2.44. The number of likely N-dealkylation sites (tertiary alicyclic amines) is 1.